The quantitative estimate of drug-likeness (QED) is 0.681. The highest BCUT2D eigenvalue weighted by atomic mass is 16.7. The van der Waals surface area contributed by atoms with Crippen LogP contribution in [0, 0.1) is 0 Å². The molecule has 2 heterocycles. The monoisotopic (exact) mass is 440 g/mol. The second-order valence-corrected chi connectivity index (χ2v) is 7.83. The Morgan fingerprint density at radius 3 is 2.22 bits per heavy atom. The van der Waals surface area contributed by atoms with Gasteiger partial charge in [-0.25, -0.2) is 0 Å². The van der Waals surface area contributed by atoms with Gasteiger partial charge in [0.25, 0.3) is 5.91 Å². The number of carbonyl (C=O) groups is 2. The minimum atomic E-state index is -1.02. The van der Waals surface area contributed by atoms with Crippen molar-refractivity contribution in [3.05, 3.63) is 60.2 Å². The minimum absolute atomic E-state index is 0.0309. The van der Waals surface area contributed by atoms with E-state index in [1.807, 2.05) is 54.6 Å². The van der Waals surface area contributed by atoms with Crippen LogP contribution in [-0.2, 0) is 25.5 Å². The predicted molar refractivity (Wildman–Crippen MR) is 116 cm³/mol. The highest BCUT2D eigenvalue weighted by molar-refractivity contribution is 5.80. The first kappa shape index (κ1) is 22.1. The smallest absolute Gasteiger partial charge is 0.260 e. The maximum atomic E-state index is 13.0. The van der Waals surface area contributed by atoms with Crippen LogP contribution in [0.3, 0.4) is 0 Å². The summed E-state index contributed by atoms with van der Waals surface area (Å²) in [6.07, 6.45) is 0.230. The molecule has 0 N–H and O–H groups in total. The van der Waals surface area contributed by atoms with Gasteiger partial charge in [0, 0.05) is 18.7 Å². The van der Waals surface area contributed by atoms with Gasteiger partial charge in [-0.2, -0.15) is 0 Å². The molecule has 2 amide bonds. The molecule has 2 fully saturated rings. The number of carbonyl (C=O) groups excluding carboxylic acids is 2. The number of benzene rings is 2. The lowest BCUT2D eigenvalue weighted by atomic mass is 10.1. The van der Waals surface area contributed by atoms with Crippen LogP contribution in [0.1, 0.15) is 5.56 Å². The normalized spacial score (nSPS) is 20.8. The molecule has 0 radical (unpaired) electrons. The molecule has 8 heteroatoms. The van der Waals surface area contributed by atoms with Gasteiger partial charge in [-0.05, 0) is 18.2 Å². The SMILES string of the molecule is COc1ccccc1CC(=O)N1CCOC2(CN(C(=O)COc3ccccc3)CCO2)C1. The maximum Gasteiger partial charge on any atom is 0.260 e. The summed E-state index contributed by atoms with van der Waals surface area (Å²) in [5.41, 5.74) is 0.833. The van der Waals surface area contributed by atoms with Gasteiger partial charge in [0.1, 0.15) is 11.5 Å². The molecule has 1 atom stereocenters. The average molecular weight is 440 g/mol. The number of rotatable bonds is 6. The van der Waals surface area contributed by atoms with Crippen molar-refractivity contribution in [3.63, 3.8) is 0 Å². The highest BCUT2D eigenvalue weighted by Gasteiger charge is 2.44. The number of para-hydroxylation sites is 2. The molecule has 4 rings (SSSR count). The number of hydrogen-bond acceptors (Lipinski definition) is 6. The zero-order valence-electron chi connectivity index (χ0n) is 18.2. The third-order valence-electron chi connectivity index (χ3n) is 5.66. The molecule has 8 nitrogen and oxygen atoms in total. The Morgan fingerprint density at radius 2 is 1.53 bits per heavy atom. The van der Waals surface area contributed by atoms with Crippen LogP contribution in [0.25, 0.3) is 0 Å². The summed E-state index contributed by atoms with van der Waals surface area (Å²) in [7, 11) is 1.59. The Bertz CT molecular complexity index is 933. The summed E-state index contributed by atoms with van der Waals surface area (Å²) < 4.78 is 22.9. The van der Waals surface area contributed by atoms with E-state index >= 15 is 0 Å². The molecule has 0 aromatic heterocycles. The third kappa shape index (κ3) is 5.20. The van der Waals surface area contributed by atoms with Gasteiger partial charge in [0.2, 0.25) is 11.7 Å². The fraction of sp³-hybridized carbons (Fsp3) is 0.417. The molecule has 32 heavy (non-hydrogen) atoms. The largest absolute Gasteiger partial charge is 0.496 e. The topological polar surface area (TPSA) is 77.5 Å². The van der Waals surface area contributed by atoms with E-state index < -0.39 is 5.79 Å². The van der Waals surface area contributed by atoms with Crippen LogP contribution in [-0.4, -0.2) is 80.5 Å². The minimum Gasteiger partial charge on any atom is -0.496 e. The van der Waals surface area contributed by atoms with Crippen molar-refractivity contribution in [1.29, 1.82) is 0 Å². The summed E-state index contributed by atoms with van der Waals surface area (Å²) in [6.45, 7) is 2.08. The van der Waals surface area contributed by atoms with Gasteiger partial charge < -0.3 is 28.7 Å². The van der Waals surface area contributed by atoms with Gasteiger partial charge in [0.05, 0.1) is 39.8 Å². The van der Waals surface area contributed by atoms with E-state index in [2.05, 4.69) is 0 Å². The molecule has 0 saturated carbocycles. The van der Waals surface area contributed by atoms with Crippen LogP contribution in [0.4, 0.5) is 0 Å². The van der Waals surface area contributed by atoms with Crippen molar-refractivity contribution in [2.24, 2.45) is 0 Å². The average Bonchev–Trinajstić information content (AvgIpc) is 2.83. The van der Waals surface area contributed by atoms with E-state index in [0.29, 0.717) is 37.8 Å². The van der Waals surface area contributed by atoms with Crippen LogP contribution >= 0.6 is 0 Å². The predicted octanol–water partition coefficient (Wildman–Crippen LogP) is 1.73. The molecular formula is C24H28N2O6. The van der Waals surface area contributed by atoms with Crippen LogP contribution in [0.5, 0.6) is 11.5 Å². The Balaban J connectivity index is 1.36. The first-order valence-corrected chi connectivity index (χ1v) is 10.7. The number of morpholine rings is 2. The zero-order chi connectivity index (χ0) is 22.4. The summed E-state index contributed by atoms with van der Waals surface area (Å²) >= 11 is 0. The first-order valence-electron chi connectivity index (χ1n) is 10.7. The second-order valence-electron chi connectivity index (χ2n) is 7.83. The molecule has 1 unspecified atom stereocenters. The Kier molecular flexibility index (Phi) is 6.92. The summed E-state index contributed by atoms with van der Waals surface area (Å²) in [5, 5.41) is 0. The molecule has 1 spiro atoms. The van der Waals surface area contributed by atoms with Crippen LogP contribution in [0.2, 0.25) is 0 Å². The molecule has 2 aromatic rings. The van der Waals surface area contributed by atoms with Crippen LogP contribution in [0.15, 0.2) is 54.6 Å². The Morgan fingerprint density at radius 1 is 0.906 bits per heavy atom. The summed E-state index contributed by atoms with van der Waals surface area (Å²) in [6, 6.07) is 16.7. The van der Waals surface area contributed by atoms with Gasteiger partial charge >= 0.3 is 0 Å². The van der Waals surface area contributed by atoms with Gasteiger partial charge in [-0.1, -0.05) is 36.4 Å². The number of nitrogens with zero attached hydrogens (tertiary/aromatic N) is 2. The number of hydrogen-bond donors (Lipinski definition) is 0. The summed E-state index contributed by atoms with van der Waals surface area (Å²) in [4.78, 5) is 29.1. The van der Waals surface area contributed by atoms with Crippen molar-refractivity contribution in [2.75, 3.05) is 53.1 Å². The van der Waals surface area contributed by atoms with Gasteiger partial charge in [-0.3, -0.25) is 9.59 Å². The molecule has 2 saturated heterocycles. The number of methoxy groups -OCH3 is 1. The van der Waals surface area contributed by atoms with E-state index in [1.54, 1.807) is 16.9 Å². The number of amides is 2. The Hall–Kier alpha value is -3.10. The van der Waals surface area contributed by atoms with E-state index in [4.69, 9.17) is 18.9 Å². The Labute approximate surface area is 187 Å². The summed E-state index contributed by atoms with van der Waals surface area (Å²) in [5.74, 6) is 0.142. The number of ether oxygens (including phenoxy) is 4. The van der Waals surface area contributed by atoms with Crippen molar-refractivity contribution < 1.29 is 28.5 Å². The third-order valence-corrected chi connectivity index (χ3v) is 5.66. The lowest BCUT2D eigenvalue weighted by Crippen LogP contribution is -2.64. The fourth-order valence-electron chi connectivity index (χ4n) is 4.00. The molecule has 0 bridgehead atoms. The zero-order valence-corrected chi connectivity index (χ0v) is 18.2. The molecule has 2 aliphatic heterocycles. The standard InChI is InChI=1S/C24H28N2O6/c1-29-21-10-6-5-7-19(21)15-22(27)25-11-13-31-24(17-25)18-26(12-14-32-24)23(28)16-30-20-8-3-2-4-9-20/h2-10H,11-18H2,1H3. The van der Waals surface area contributed by atoms with Crippen molar-refractivity contribution >= 4 is 11.8 Å². The lowest BCUT2D eigenvalue weighted by molar-refractivity contribution is -0.287. The van der Waals surface area contributed by atoms with E-state index in [0.717, 1.165) is 5.56 Å². The molecule has 2 aliphatic rings. The highest BCUT2D eigenvalue weighted by Crippen LogP contribution is 2.26. The van der Waals surface area contributed by atoms with E-state index in [-0.39, 0.29) is 37.9 Å². The van der Waals surface area contributed by atoms with E-state index in [9.17, 15) is 9.59 Å². The van der Waals surface area contributed by atoms with Crippen molar-refractivity contribution in [3.8, 4) is 11.5 Å². The molecule has 2 aromatic carbocycles. The van der Waals surface area contributed by atoms with Gasteiger partial charge in [-0.15, -0.1) is 0 Å². The molecule has 170 valence electrons. The molecular weight excluding hydrogens is 412 g/mol. The maximum absolute atomic E-state index is 13.0. The fourth-order valence-corrected chi connectivity index (χ4v) is 4.00. The first-order chi connectivity index (χ1) is 15.6. The van der Waals surface area contributed by atoms with Gasteiger partial charge in [0.15, 0.2) is 6.61 Å². The van der Waals surface area contributed by atoms with E-state index in [1.165, 1.54) is 0 Å². The van der Waals surface area contributed by atoms with Crippen molar-refractivity contribution in [1.82, 2.24) is 9.80 Å². The van der Waals surface area contributed by atoms with Crippen molar-refractivity contribution in [2.45, 2.75) is 12.2 Å². The lowest BCUT2D eigenvalue weighted by Gasteiger charge is -2.47. The second kappa shape index (κ2) is 10.0. The van der Waals surface area contributed by atoms with Crippen LogP contribution < -0.4 is 9.47 Å². The molecule has 0 aliphatic carbocycles.